The van der Waals surface area contributed by atoms with Crippen molar-refractivity contribution in [1.82, 2.24) is 29.3 Å². The molecular weight excluding hydrogens is 412 g/mol. The van der Waals surface area contributed by atoms with Gasteiger partial charge in [0.25, 0.3) is 5.91 Å². The average Bonchev–Trinajstić information content (AvgIpc) is 3.18. The Balaban J connectivity index is 1.45. The fourth-order valence-corrected chi connectivity index (χ4v) is 5.62. The Morgan fingerprint density at radius 2 is 1.88 bits per heavy atom. The van der Waals surface area contributed by atoms with Crippen LogP contribution in [0.3, 0.4) is 0 Å². The van der Waals surface area contributed by atoms with Crippen molar-refractivity contribution in [2.45, 2.75) is 58.2 Å². The third-order valence-corrected chi connectivity index (χ3v) is 7.17. The van der Waals surface area contributed by atoms with Crippen LogP contribution in [0, 0.1) is 6.92 Å². The molecule has 1 amide bonds. The quantitative estimate of drug-likeness (QED) is 0.613. The maximum atomic E-state index is 13.4. The van der Waals surface area contributed by atoms with E-state index in [-0.39, 0.29) is 11.3 Å². The minimum Gasteiger partial charge on any atom is -0.330 e. The summed E-state index contributed by atoms with van der Waals surface area (Å²) in [6, 6.07) is 10.9. The number of fused-ring (bicyclic) bond motifs is 2. The second-order valence-electron chi connectivity index (χ2n) is 9.71. The summed E-state index contributed by atoms with van der Waals surface area (Å²) in [5, 5.41) is 0. The SMILES string of the molecule is Cc1nc2c(n1C(C)C)CN(C(=O)c1cnccn1)CC21CCN(Cc2ccccc2)CC1. The number of likely N-dealkylation sites (tertiary alicyclic amines) is 1. The number of nitrogens with zero attached hydrogens (tertiary/aromatic N) is 6. The van der Waals surface area contributed by atoms with Gasteiger partial charge in [0.1, 0.15) is 11.5 Å². The summed E-state index contributed by atoms with van der Waals surface area (Å²) in [7, 11) is 0. The van der Waals surface area contributed by atoms with Crippen molar-refractivity contribution >= 4 is 5.91 Å². The van der Waals surface area contributed by atoms with E-state index in [9.17, 15) is 4.79 Å². The lowest BCUT2D eigenvalue weighted by atomic mass is 9.72. The van der Waals surface area contributed by atoms with Crippen LogP contribution < -0.4 is 0 Å². The zero-order chi connectivity index (χ0) is 23.0. The molecule has 2 aliphatic rings. The van der Waals surface area contributed by atoms with E-state index in [2.05, 4.69) is 70.5 Å². The first-order valence-corrected chi connectivity index (χ1v) is 11.9. The Hall–Kier alpha value is -3.06. The molecule has 33 heavy (non-hydrogen) atoms. The van der Waals surface area contributed by atoms with E-state index in [1.807, 2.05) is 4.90 Å². The van der Waals surface area contributed by atoms with Crippen LogP contribution in [0.2, 0.25) is 0 Å². The van der Waals surface area contributed by atoms with Gasteiger partial charge in [0, 0.05) is 36.9 Å². The molecule has 0 radical (unpaired) electrons. The van der Waals surface area contributed by atoms with Gasteiger partial charge in [-0.15, -0.1) is 0 Å². The zero-order valence-corrected chi connectivity index (χ0v) is 19.7. The first kappa shape index (κ1) is 21.8. The van der Waals surface area contributed by atoms with Crippen molar-refractivity contribution in [2.24, 2.45) is 0 Å². The van der Waals surface area contributed by atoms with Crippen molar-refractivity contribution in [2.75, 3.05) is 19.6 Å². The van der Waals surface area contributed by atoms with Crippen LogP contribution in [0.5, 0.6) is 0 Å². The summed E-state index contributed by atoms with van der Waals surface area (Å²) in [6.07, 6.45) is 6.74. The highest BCUT2D eigenvalue weighted by Gasteiger charge is 2.46. The first-order valence-electron chi connectivity index (χ1n) is 11.9. The van der Waals surface area contributed by atoms with Gasteiger partial charge in [-0.05, 0) is 52.3 Å². The molecule has 1 spiro atoms. The van der Waals surface area contributed by atoms with E-state index in [1.165, 1.54) is 17.0 Å². The number of hydrogen-bond acceptors (Lipinski definition) is 5. The van der Waals surface area contributed by atoms with Crippen LogP contribution in [0.4, 0.5) is 0 Å². The Labute approximate surface area is 195 Å². The molecule has 0 atom stereocenters. The second-order valence-corrected chi connectivity index (χ2v) is 9.71. The van der Waals surface area contributed by atoms with E-state index in [0.717, 1.165) is 38.3 Å². The fourth-order valence-electron chi connectivity index (χ4n) is 5.62. The van der Waals surface area contributed by atoms with Crippen LogP contribution in [-0.4, -0.2) is 54.9 Å². The monoisotopic (exact) mass is 444 g/mol. The van der Waals surface area contributed by atoms with Crippen LogP contribution in [0.25, 0.3) is 0 Å². The molecule has 1 fully saturated rings. The summed E-state index contributed by atoms with van der Waals surface area (Å²) in [4.78, 5) is 31.4. The van der Waals surface area contributed by atoms with Gasteiger partial charge in [-0.3, -0.25) is 14.7 Å². The van der Waals surface area contributed by atoms with Crippen LogP contribution in [0.1, 0.15) is 66.0 Å². The molecule has 2 aromatic heterocycles. The third-order valence-electron chi connectivity index (χ3n) is 7.17. The highest BCUT2D eigenvalue weighted by molar-refractivity contribution is 5.92. The number of aromatic nitrogens is 4. The lowest BCUT2D eigenvalue weighted by Gasteiger charge is -2.47. The van der Waals surface area contributed by atoms with Crippen molar-refractivity contribution in [3.8, 4) is 0 Å². The van der Waals surface area contributed by atoms with E-state index >= 15 is 0 Å². The molecule has 1 saturated heterocycles. The Morgan fingerprint density at radius 1 is 1.12 bits per heavy atom. The molecule has 0 bridgehead atoms. The molecule has 7 heteroatoms. The Morgan fingerprint density at radius 3 is 2.55 bits per heavy atom. The lowest BCUT2D eigenvalue weighted by Crippen LogP contribution is -2.53. The summed E-state index contributed by atoms with van der Waals surface area (Å²) in [5.74, 6) is 0.990. The number of aryl methyl sites for hydroxylation is 1. The van der Waals surface area contributed by atoms with Crippen molar-refractivity contribution in [3.63, 3.8) is 0 Å². The number of amides is 1. The first-order chi connectivity index (χ1) is 16.0. The van der Waals surface area contributed by atoms with E-state index in [4.69, 9.17) is 4.98 Å². The predicted molar refractivity (Wildman–Crippen MR) is 127 cm³/mol. The highest BCUT2D eigenvalue weighted by Crippen LogP contribution is 2.43. The lowest BCUT2D eigenvalue weighted by molar-refractivity contribution is 0.0550. The number of rotatable bonds is 4. The summed E-state index contributed by atoms with van der Waals surface area (Å²) in [5.41, 5.74) is 4.02. The number of carbonyl (C=O) groups is 1. The summed E-state index contributed by atoms with van der Waals surface area (Å²) in [6.45, 7) is 10.7. The molecule has 7 nitrogen and oxygen atoms in total. The largest absolute Gasteiger partial charge is 0.330 e. The van der Waals surface area contributed by atoms with Crippen LogP contribution in [-0.2, 0) is 18.5 Å². The number of piperidine rings is 1. The highest BCUT2D eigenvalue weighted by atomic mass is 16.2. The van der Waals surface area contributed by atoms with Gasteiger partial charge in [-0.1, -0.05) is 30.3 Å². The second kappa shape index (κ2) is 8.71. The maximum absolute atomic E-state index is 13.4. The van der Waals surface area contributed by atoms with Gasteiger partial charge in [0.2, 0.25) is 0 Å². The van der Waals surface area contributed by atoms with Crippen LogP contribution in [0.15, 0.2) is 48.9 Å². The molecule has 3 aromatic rings. The average molecular weight is 445 g/mol. The van der Waals surface area contributed by atoms with Gasteiger partial charge in [-0.2, -0.15) is 0 Å². The maximum Gasteiger partial charge on any atom is 0.274 e. The normalized spacial score (nSPS) is 18.0. The van der Waals surface area contributed by atoms with E-state index in [1.54, 1.807) is 18.6 Å². The van der Waals surface area contributed by atoms with Crippen molar-refractivity contribution in [3.05, 3.63) is 77.4 Å². The van der Waals surface area contributed by atoms with Gasteiger partial charge in [0.05, 0.1) is 24.1 Å². The molecule has 0 saturated carbocycles. The zero-order valence-electron chi connectivity index (χ0n) is 19.7. The van der Waals surface area contributed by atoms with Gasteiger partial charge in [-0.25, -0.2) is 9.97 Å². The predicted octanol–water partition coefficient (Wildman–Crippen LogP) is 3.75. The number of imidazole rings is 1. The van der Waals surface area contributed by atoms with Gasteiger partial charge in [0.15, 0.2) is 0 Å². The Bertz CT molecular complexity index is 1120. The number of hydrogen-bond donors (Lipinski definition) is 0. The molecule has 2 aliphatic heterocycles. The standard InChI is InChI=1S/C26H32N6O/c1-19(2)32-20(3)29-24-23(32)17-31(25(33)22-15-27-11-12-28-22)18-26(24)9-13-30(14-10-26)16-21-7-5-4-6-8-21/h4-8,11-12,15,19H,9-10,13-14,16-18H2,1-3H3. The Kier molecular flexibility index (Phi) is 5.74. The molecular formula is C26H32N6O. The minimum absolute atomic E-state index is 0.0472. The van der Waals surface area contributed by atoms with Crippen molar-refractivity contribution in [1.29, 1.82) is 0 Å². The minimum atomic E-state index is -0.121. The topological polar surface area (TPSA) is 67.2 Å². The fraction of sp³-hybridized carbons (Fsp3) is 0.462. The summed E-state index contributed by atoms with van der Waals surface area (Å²) < 4.78 is 2.31. The molecule has 172 valence electrons. The molecule has 0 N–H and O–H groups in total. The summed E-state index contributed by atoms with van der Waals surface area (Å²) >= 11 is 0. The van der Waals surface area contributed by atoms with E-state index < -0.39 is 0 Å². The molecule has 4 heterocycles. The molecule has 0 aliphatic carbocycles. The van der Waals surface area contributed by atoms with Crippen LogP contribution >= 0.6 is 0 Å². The molecule has 1 aromatic carbocycles. The smallest absolute Gasteiger partial charge is 0.274 e. The molecule has 0 unspecified atom stereocenters. The molecule has 5 rings (SSSR count). The number of carbonyl (C=O) groups excluding carboxylic acids is 1. The van der Waals surface area contributed by atoms with E-state index in [0.29, 0.717) is 24.8 Å². The van der Waals surface area contributed by atoms with Crippen molar-refractivity contribution < 1.29 is 4.79 Å². The van der Waals surface area contributed by atoms with Gasteiger partial charge < -0.3 is 9.47 Å². The van der Waals surface area contributed by atoms with Gasteiger partial charge >= 0.3 is 0 Å². The third kappa shape index (κ3) is 4.06. The number of benzene rings is 1.